The summed E-state index contributed by atoms with van der Waals surface area (Å²) in [6.07, 6.45) is 1.64. The highest BCUT2D eigenvalue weighted by Gasteiger charge is 2.19. The van der Waals surface area contributed by atoms with Gasteiger partial charge in [0.25, 0.3) is 0 Å². The van der Waals surface area contributed by atoms with Crippen molar-refractivity contribution in [2.24, 2.45) is 5.84 Å². The number of hydrogen-bond acceptors (Lipinski definition) is 6. The predicted molar refractivity (Wildman–Crippen MR) is 86.3 cm³/mol. The number of pyridine rings is 1. The van der Waals surface area contributed by atoms with Crippen LogP contribution in [0.15, 0.2) is 16.7 Å². The van der Waals surface area contributed by atoms with Gasteiger partial charge in [-0.05, 0) is 42.8 Å². The Labute approximate surface area is 132 Å². The third-order valence-electron chi connectivity index (χ3n) is 2.29. The van der Waals surface area contributed by atoms with Gasteiger partial charge in [-0.2, -0.15) is 0 Å². The number of ether oxygens (including phenoxy) is 1. The van der Waals surface area contributed by atoms with Crippen LogP contribution in [-0.4, -0.2) is 28.9 Å². The van der Waals surface area contributed by atoms with Crippen LogP contribution in [0.2, 0.25) is 0 Å². The number of hydrazine groups is 1. The van der Waals surface area contributed by atoms with Crippen LogP contribution < -0.4 is 16.2 Å². The number of nitrogens with two attached hydrogens (primary N) is 1. The molecule has 0 saturated carbocycles. The highest BCUT2D eigenvalue weighted by molar-refractivity contribution is 9.10. The molecule has 0 aliphatic carbocycles. The smallest absolute Gasteiger partial charge is 0.303 e. The summed E-state index contributed by atoms with van der Waals surface area (Å²) < 4.78 is 5.51. The lowest BCUT2D eigenvalue weighted by molar-refractivity contribution is -0.139. The van der Waals surface area contributed by atoms with Crippen molar-refractivity contribution >= 4 is 39.2 Å². The number of rotatable bonds is 4. The van der Waals surface area contributed by atoms with Crippen molar-refractivity contribution in [1.29, 1.82) is 5.41 Å². The number of anilines is 2. The maximum atomic E-state index is 10.8. The monoisotopic (exact) mass is 357 g/mol. The Morgan fingerprint density at radius 1 is 1.57 bits per heavy atom. The summed E-state index contributed by atoms with van der Waals surface area (Å²) in [5.41, 5.74) is 0.297. The summed E-state index contributed by atoms with van der Waals surface area (Å²) in [6.45, 7) is 7.05. The molecule has 0 radical (unpaired) electrons. The molecule has 0 bridgehead atoms. The lowest BCUT2D eigenvalue weighted by atomic mass is 10.1. The third kappa shape index (κ3) is 5.68. The van der Waals surface area contributed by atoms with Gasteiger partial charge in [0, 0.05) is 23.1 Å². The van der Waals surface area contributed by atoms with E-state index >= 15 is 0 Å². The van der Waals surface area contributed by atoms with E-state index in [9.17, 15) is 4.79 Å². The molecule has 8 heteroatoms. The number of nitrogens with zero attached hydrogens (tertiary/aromatic N) is 2. The molecule has 0 fully saturated rings. The minimum atomic E-state index is -0.464. The highest BCUT2D eigenvalue weighted by Crippen LogP contribution is 2.27. The molecular formula is C13H20BrN5O2. The van der Waals surface area contributed by atoms with Gasteiger partial charge in [0.1, 0.15) is 12.3 Å². The topological polar surface area (TPSA) is 104 Å². The predicted octanol–water partition coefficient (Wildman–Crippen LogP) is 2.27. The zero-order valence-electron chi connectivity index (χ0n) is 12.5. The summed E-state index contributed by atoms with van der Waals surface area (Å²) in [7, 11) is 0. The Morgan fingerprint density at radius 2 is 2.19 bits per heavy atom. The Balaban J connectivity index is 3.01. The molecule has 0 saturated heterocycles. The average molecular weight is 358 g/mol. The van der Waals surface area contributed by atoms with Gasteiger partial charge in [-0.15, -0.1) is 0 Å². The Morgan fingerprint density at radius 3 is 2.71 bits per heavy atom. The van der Waals surface area contributed by atoms with Gasteiger partial charge in [-0.25, -0.2) is 10.8 Å². The first kappa shape index (κ1) is 17.4. The van der Waals surface area contributed by atoms with Crippen LogP contribution in [0, 0.1) is 5.41 Å². The molecule has 1 rings (SSSR count). The van der Waals surface area contributed by atoms with Crippen molar-refractivity contribution in [3.63, 3.8) is 0 Å². The van der Waals surface area contributed by atoms with Crippen molar-refractivity contribution in [1.82, 2.24) is 4.98 Å². The average Bonchev–Trinajstić information content (AvgIpc) is 2.35. The Kier molecular flexibility index (Phi) is 5.68. The number of amidine groups is 1. The first-order valence-electron chi connectivity index (χ1n) is 6.29. The Bertz CT molecular complexity index is 542. The molecular weight excluding hydrogens is 338 g/mol. The van der Waals surface area contributed by atoms with Crippen LogP contribution in [-0.2, 0) is 9.53 Å². The molecule has 0 spiro atoms. The van der Waals surface area contributed by atoms with Crippen molar-refractivity contribution in [3.05, 3.63) is 16.7 Å². The van der Waals surface area contributed by atoms with Crippen LogP contribution in [0.1, 0.15) is 27.7 Å². The first-order valence-corrected chi connectivity index (χ1v) is 7.09. The maximum Gasteiger partial charge on any atom is 0.303 e. The SMILES string of the molecule is CC(=O)OCC(=N)N(N)c1cc(Br)cnc1NC(C)(C)C. The normalized spacial score (nSPS) is 11.0. The quantitative estimate of drug-likeness (QED) is 0.251. The number of carbonyl (C=O) groups is 1. The molecule has 7 nitrogen and oxygen atoms in total. The van der Waals surface area contributed by atoms with E-state index in [0.717, 1.165) is 9.48 Å². The third-order valence-corrected chi connectivity index (χ3v) is 2.72. The largest absolute Gasteiger partial charge is 0.458 e. The number of nitrogens with one attached hydrogen (secondary N) is 2. The van der Waals surface area contributed by atoms with Gasteiger partial charge in [0.05, 0.1) is 0 Å². The standard InChI is InChI=1S/C13H20BrN5O2/c1-8(20)21-7-11(15)19(16)10-5-9(14)6-17-12(10)18-13(2,3)4/h5-6,15H,7,16H2,1-4H3,(H,17,18). The van der Waals surface area contributed by atoms with Gasteiger partial charge >= 0.3 is 5.97 Å². The second-order valence-electron chi connectivity index (χ2n) is 5.49. The van der Waals surface area contributed by atoms with Crippen LogP contribution in [0.4, 0.5) is 11.5 Å². The molecule has 4 N–H and O–H groups in total. The van der Waals surface area contributed by atoms with E-state index in [2.05, 4.69) is 26.2 Å². The zero-order valence-corrected chi connectivity index (χ0v) is 14.1. The molecule has 0 unspecified atom stereocenters. The van der Waals surface area contributed by atoms with Gasteiger partial charge in [0.2, 0.25) is 0 Å². The van der Waals surface area contributed by atoms with E-state index in [-0.39, 0.29) is 18.0 Å². The van der Waals surface area contributed by atoms with Gasteiger partial charge in [-0.1, -0.05) is 0 Å². The van der Waals surface area contributed by atoms with Gasteiger partial charge in [0.15, 0.2) is 11.7 Å². The maximum absolute atomic E-state index is 10.8. The fraction of sp³-hybridized carbons (Fsp3) is 0.462. The van der Waals surface area contributed by atoms with Crippen molar-refractivity contribution in [2.75, 3.05) is 16.9 Å². The molecule has 1 aromatic rings. The summed E-state index contributed by atoms with van der Waals surface area (Å²) in [5.74, 6) is 5.95. The molecule has 0 aliphatic heterocycles. The summed E-state index contributed by atoms with van der Waals surface area (Å²) in [5, 5.41) is 12.2. The van der Waals surface area contributed by atoms with E-state index in [4.69, 9.17) is 16.0 Å². The lowest BCUT2D eigenvalue weighted by Gasteiger charge is -2.27. The summed E-state index contributed by atoms with van der Waals surface area (Å²) in [4.78, 5) is 15.1. The fourth-order valence-corrected chi connectivity index (χ4v) is 1.77. The van der Waals surface area contributed by atoms with E-state index in [1.807, 2.05) is 20.8 Å². The van der Waals surface area contributed by atoms with Crippen LogP contribution >= 0.6 is 15.9 Å². The first-order chi connectivity index (χ1) is 9.60. The molecule has 0 atom stereocenters. The molecule has 1 aromatic heterocycles. The second kappa shape index (κ2) is 6.86. The van der Waals surface area contributed by atoms with Gasteiger partial charge in [-0.3, -0.25) is 15.2 Å². The van der Waals surface area contributed by atoms with Crippen molar-refractivity contribution in [2.45, 2.75) is 33.2 Å². The van der Waals surface area contributed by atoms with E-state index in [1.165, 1.54) is 6.92 Å². The lowest BCUT2D eigenvalue weighted by Crippen LogP contribution is -2.41. The summed E-state index contributed by atoms with van der Waals surface area (Å²) >= 11 is 3.33. The van der Waals surface area contributed by atoms with Crippen LogP contribution in [0.3, 0.4) is 0 Å². The molecule has 21 heavy (non-hydrogen) atoms. The number of esters is 1. The minimum Gasteiger partial charge on any atom is -0.458 e. The molecule has 0 amide bonds. The number of carbonyl (C=O) groups excluding carboxylic acids is 1. The minimum absolute atomic E-state index is 0.0536. The second-order valence-corrected chi connectivity index (χ2v) is 6.41. The summed E-state index contributed by atoms with van der Waals surface area (Å²) in [6, 6.07) is 1.74. The number of halogens is 1. The van der Waals surface area contributed by atoms with Crippen molar-refractivity contribution < 1.29 is 9.53 Å². The number of hydrogen-bond donors (Lipinski definition) is 3. The van der Waals surface area contributed by atoms with Crippen LogP contribution in [0.25, 0.3) is 0 Å². The highest BCUT2D eigenvalue weighted by atomic mass is 79.9. The molecule has 116 valence electrons. The van der Waals surface area contributed by atoms with E-state index in [1.54, 1.807) is 12.3 Å². The van der Waals surface area contributed by atoms with Gasteiger partial charge < -0.3 is 10.1 Å². The number of aromatic nitrogens is 1. The molecule has 1 heterocycles. The zero-order chi connectivity index (χ0) is 16.2. The fourth-order valence-electron chi connectivity index (χ4n) is 1.45. The molecule has 0 aromatic carbocycles. The van der Waals surface area contributed by atoms with E-state index < -0.39 is 5.97 Å². The molecule has 0 aliphatic rings. The van der Waals surface area contributed by atoms with E-state index in [0.29, 0.717) is 11.5 Å². The Hall–Kier alpha value is -1.67. The van der Waals surface area contributed by atoms with Crippen molar-refractivity contribution in [3.8, 4) is 0 Å². The van der Waals surface area contributed by atoms with Crippen LogP contribution in [0.5, 0.6) is 0 Å².